The summed E-state index contributed by atoms with van der Waals surface area (Å²) in [5, 5.41) is 3.12. The highest BCUT2D eigenvalue weighted by atomic mass is 32.1. The quantitative estimate of drug-likeness (QED) is 0.663. The number of nitrogens with one attached hydrogen (secondary N) is 1. The van der Waals surface area contributed by atoms with Gasteiger partial charge in [-0.2, -0.15) is 0 Å². The second-order valence-electron chi connectivity index (χ2n) is 6.68. The smallest absolute Gasteiger partial charge is 0.341 e. The van der Waals surface area contributed by atoms with E-state index in [9.17, 15) is 14.4 Å². The molecule has 0 aliphatic heterocycles. The number of aryl methyl sites for hydroxylation is 2. The average Bonchev–Trinajstić information content (AvgIpc) is 3.26. The van der Waals surface area contributed by atoms with E-state index in [1.807, 2.05) is 31.2 Å². The van der Waals surface area contributed by atoms with Gasteiger partial charge in [0.2, 0.25) is 0 Å². The minimum Gasteiger partial charge on any atom is -0.493 e. The molecule has 1 aromatic heterocycles. The molecular weight excluding hydrogens is 394 g/mol. The van der Waals surface area contributed by atoms with Gasteiger partial charge in [0.1, 0.15) is 10.8 Å². The van der Waals surface area contributed by atoms with Crippen molar-refractivity contribution < 1.29 is 28.6 Å². The number of benzene rings is 1. The highest BCUT2D eigenvalue weighted by Gasteiger charge is 2.28. The molecule has 7 nitrogen and oxygen atoms in total. The zero-order valence-corrected chi connectivity index (χ0v) is 17.2. The molecule has 0 saturated heterocycles. The summed E-state index contributed by atoms with van der Waals surface area (Å²) in [6.45, 7) is 1.69. The second-order valence-corrected chi connectivity index (χ2v) is 7.78. The lowest BCUT2D eigenvalue weighted by Crippen LogP contribution is -2.22. The number of fused-ring (bicyclic) bond motifs is 1. The van der Waals surface area contributed by atoms with Gasteiger partial charge >= 0.3 is 11.9 Å². The fourth-order valence-corrected chi connectivity index (χ4v) is 4.44. The first kappa shape index (κ1) is 20.9. The molecule has 0 radical (unpaired) electrons. The van der Waals surface area contributed by atoms with E-state index in [-0.39, 0.29) is 13.0 Å². The summed E-state index contributed by atoms with van der Waals surface area (Å²) in [4.78, 5) is 37.2. The van der Waals surface area contributed by atoms with Crippen molar-refractivity contribution in [3.05, 3.63) is 45.8 Å². The first-order valence-electron chi connectivity index (χ1n) is 9.35. The van der Waals surface area contributed by atoms with Gasteiger partial charge in [0, 0.05) is 4.88 Å². The van der Waals surface area contributed by atoms with Crippen LogP contribution in [0.2, 0.25) is 0 Å². The molecule has 0 bridgehead atoms. The van der Waals surface area contributed by atoms with Crippen LogP contribution >= 0.6 is 11.3 Å². The van der Waals surface area contributed by atoms with Gasteiger partial charge in [-0.05, 0) is 49.4 Å². The lowest BCUT2D eigenvalue weighted by molar-refractivity contribution is -0.147. The molecule has 0 fully saturated rings. The van der Waals surface area contributed by atoms with Crippen molar-refractivity contribution in [3.63, 3.8) is 0 Å². The van der Waals surface area contributed by atoms with Crippen LogP contribution in [0.5, 0.6) is 5.75 Å². The molecule has 1 amide bonds. The van der Waals surface area contributed by atoms with Crippen LogP contribution in [-0.2, 0) is 31.9 Å². The standard InChI is InChI=1S/C21H23NO6S/c1-13-5-3-6-14(11-13)27-10-9-18(24)28-12-17(23)22-20-19(21(25)26-2)15-7-4-8-16(15)29-20/h3,5-6,11H,4,7-10,12H2,1-2H3,(H,22,23). The largest absolute Gasteiger partial charge is 0.493 e. The van der Waals surface area contributed by atoms with E-state index in [1.54, 1.807) is 0 Å². The van der Waals surface area contributed by atoms with Gasteiger partial charge < -0.3 is 19.5 Å². The molecule has 1 aliphatic carbocycles. The summed E-state index contributed by atoms with van der Waals surface area (Å²) in [5.74, 6) is -0.820. The summed E-state index contributed by atoms with van der Waals surface area (Å²) in [6.07, 6.45) is 2.70. The van der Waals surface area contributed by atoms with Crippen LogP contribution in [0.3, 0.4) is 0 Å². The highest BCUT2D eigenvalue weighted by molar-refractivity contribution is 7.17. The molecule has 1 heterocycles. The van der Waals surface area contributed by atoms with E-state index in [2.05, 4.69) is 5.32 Å². The van der Waals surface area contributed by atoms with Crippen LogP contribution in [0.1, 0.15) is 39.2 Å². The van der Waals surface area contributed by atoms with Crippen molar-refractivity contribution in [2.45, 2.75) is 32.6 Å². The van der Waals surface area contributed by atoms with Crippen molar-refractivity contribution >= 4 is 34.2 Å². The van der Waals surface area contributed by atoms with Crippen LogP contribution in [0.15, 0.2) is 24.3 Å². The number of ether oxygens (including phenoxy) is 3. The van der Waals surface area contributed by atoms with Gasteiger partial charge in [-0.3, -0.25) is 9.59 Å². The van der Waals surface area contributed by atoms with Crippen LogP contribution in [-0.4, -0.2) is 38.2 Å². The number of methoxy groups -OCH3 is 1. The van der Waals surface area contributed by atoms with Crippen molar-refractivity contribution in [1.82, 2.24) is 0 Å². The van der Waals surface area contributed by atoms with Gasteiger partial charge in [0.05, 0.1) is 25.7 Å². The number of carbonyl (C=O) groups excluding carboxylic acids is 3. The Morgan fingerprint density at radius 1 is 1.21 bits per heavy atom. The Kier molecular flexibility index (Phi) is 6.87. The molecule has 154 valence electrons. The van der Waals surface area contributed by atoms with Crippen molar-refractivity contribution in [3.8, 4) is 5.75 Å². The predicted molar refractivity (Wildman–Crippen MR) is 109 cm³/mol. The third-order valence-electron chi connectivity index (χ3n) is 4.49. The zero-order chi connectivity index (χ0) is 20.8. The summed E-state index contributed by atoms with van der Waals surface area (Å²) < 4.78 is 15.3. The highest BCUT2D eigenvalue weighted by Crippen LogP contribution is 2.39. The Hall–Kier alpha value is -2.87. The summed E-state index contributed by atoms with van der Waals surface area (Å²) in [6, 6.07) is 7.50. The van der Waals surface area contributed by atoms with E-state index in [1.165, 1.54) is 18.4 Å². The van der Waals surface area contributed by atoms with Gasteiger partial charge in [0.25, 0.3) is 5.91 Å². The first-order valence-corrected chi connectivity index (χ1v) is 10.2. The van der Waals surface area contributed by atoms with Gasteiger partial charge in [-0.25, -0.2) is 4.79 Å². The molecule has 1 aromatic carbocycles. The van der Waals surface area contributed by atoms with Crippen molar-refractivity contribution in [1.29, 1.82) is 0 Å². The van der Waals surface area contributed by atoms with Crippen LogP contribution < -0.4 is 10.1 Å². The first-order chi connectivity index (χ1) is 14.0. The number of carbonyl (C=O) groups is 3. The van der Waals surface area contributed by atoms with E-state index >= 15 is 0 Å². The van der Waals surface area contributed by atoms with Crippen molar-refractivity contribution in [2.24, 2.45) is 0 Å². The van der Waals surface area contributed by atoms with Crippen LogP contribution in [0, 0.1) is 6.92 Å². The van der Waals surface area contributed by atoms with Crippen molar-refractivity contribution in [2.75, 3.05) is 25.6 Å². The molecule has 0 atom stereocenters. The molecule has 1 aliphatic rings. The molecule has 1 N–H and O–H groups in total. The number of hydrogen-bond donors (Lipinski definition) is 1. The lowest BCUT2D eigenvalue weighted by atomic mass is 10.1. The Morgan fingerprint density at radius 2 is 2.03 bits per heavy atom. The Balaban J connectivity index is 1.46. The second kappa shape index (κ2) is 9.56. The monoisotopic (exact) mass is 417 g/mol. The van der Waals surface area contributed by atoms with E-state index in [0.717, 1.165) is 35.3 Å². The molecule has 8 heteroatoms. The van der Waals surface area contributed by atoms with Crippen LogP contribution in [0.4, 0.5) is 5.00 Å². The number of esters is 2. The minimum atomic E-state index is -0.533. The maximum absolute atomic E-state index is 12.2. The Bertz CT molecular complexity index is 920. The molecule has 2 aromatic rings. The molecule has 29 heavy (non-hydrogen) atoms. The van der Waals surface area contributed by atoms with Crippen LogP contribution in [0.25, 0.3) is 0 Å². The maximum atomic E-state index is 12.2. The summed E-state index contributed by atoms with van der Waals surface area (Å²) in [5.41, 5.74) is 2.42. The number of anilines is 1. The topological polar surface area (TPSA) is 90.9 Å². The maximum Gasteiger partial charge on any atom is 0.341 e. The normalized spacial score (nSPS) is 12.2. The lowest BCUT2D eigenvalue weighted by Gasteiger charge is -2.09. The molecule has 3 rings (SSSR count). The van der Waals surface area contributed by atoms with E-state index in [4.69, 9.17) is 14.2 Å². The molecule has 0 saturated carbocycles. The average molecular weight is 417 g/mol. The number of rotatable bonds is 8. The van der Waals surface area contributed by atoms with Gasteiger partial charge in [-0.1, -0.05) is 12.1 Å². The fraction of sp³-hybridized carbons (Fsp3) is 0.381. The number of thiophene rings is 1. The number of hydrogen-bond acceptors (Lipinski definition) is 7. The third kappa shape index (κ3) is 5.35. The molecular formula is C21H23NO6S. The Morgan fingerprint density at radius 3 is 2.79 bits per heavy atom. The van der Waals surface area contributed by atoms with Gasteiger partial charge in [-0.15, -0.1) is 11.3 Å². The minimum absolute atomic E-state index is 0.0297. The summed E-state index contributed by atoms with van der Waals surface area (Å²) in [7, 11) is 1.31. The Labute approximate surface area is 173 Å². The summed E-state index contributed by atoms with van der Waals surface area (Å²) >= 11 is 1.37. The number of amides is 1. The third-order valence-corrected chi connectivity index (χ3v) is 5.70. The fourth-order valence-electron chi connectivity index (χ4n) is 3.15. The molecule has 0 spiro atoms. The SMILES string of the molecule is COC(=O)c1c(NC(=O)COC(=O)CCOc2cccc(C)c2)sc2c1CCC2. The zero-order valence-electron chi connectivity index (χ0n) is 16.4. The molecule has 0 unspecified atom stereocenters. The predicted octanol–water partition coefficient (Wildman–Crippen LogP) is 3.28. The van der Waals surface area contributed by atoms with E-state index in [0.29, 0.717) is 16.3 Å². The van der Waals surface area contributed by atoms with E-state index < -0.39 is 24.5 Å². The van der Waals surface area contributed by atoms with Gasteiger partial charge in [0.15, 0.2) is 6.61 Å².